The molecule has 1 aliphatic rings. The van der Waals surface area contributed by atoms with Crippen molar-refractivity contribution in [3.05, 3.63) is 70.8 Å². The van der Waals surface area contributed by atoms with Gasteiger partial charge in [-0.25, -0.2) is 8.78 Å². The highest BCUT2D eigenvalue weighted by atomic mass is 19.1. The molecule has 2 aromatic rings. The van der Waals surface area contributed by atoms with Crippen LogP contribution < -0.4 is 10.6 Å². The van der Waals surface area contributed by atoms with Gasteiger partial charge >= 0.3 is 0 Å². The van der Waals surface area contributed by atoms with Crippen molar-refractivity contribution in [3.63, 3.8) is 0 Å². The van der Waals surface area contributed by atoms with Crippen LogP contribution in [0.5, 0.6) is 0 Å². The van der Waals surface area contributed by atoms with E-state index in [4.69, 9.17) is 0 Å². The van der Waals surface area contributed by atoms with E-state index in [2.05, 4.69) is 23.6 Å². The highest BCUT2D eigenvalue weighted by molar-refractivity contribution is 5.95. The third-order valence-electron chi connectivity index (χ3n) is 6.74. The Labute approximate surface area is 228 Å². The number of nitrogens with one attached hydrogen (secondary N) is 2. The molecule has 212 valence electrons. The van der Waals surface area contributed by atoms with E-state index in [1.54, 1.807) is 0 Å². The number of nitrogens with zero attached hydrogens (tertiary/aromatic N) is 2. The molecule has 1 saturated heterocycles. The number of carbonyl (C=O) groups is 3. The third-order valence-corrected chi connectivity index (χ3v) is 6.74. The zero-order valence-corrected chi connectivity index (χ0v) is 22.6. The molecule has 0 spiro atoms. The number of benzene rings is 2. The van der Waals surface area contributed by atoms with E-state index in [9.17, 15) is 28.3 Å². The average Bonchev–Trinajstić information content (AvgIpc) is 2.89. The lowest BCUT2D eigenvalue weighted by atomic mass is 10.0. The summed E-state index contributed by atoms with van der Waals surface area (Å²) < 4.78 is 27.6. The summed E-state index contributed by atoms with van der Waals surface area (Å²) in [6.45, 7) is 4.51. The van der Waals surface area contributed by atoms with Gasteiger partial charge in [-0.2, -0.15) is 0 Å². The number of unbranched alkanes of at least 4 members (excludes halogenated alkanes) is 1. The van der Waals surface area contributed by atoms with Crippen LogP contribution in [0.2, 0.25) is 0 Å². The number of hydrogen-bond donors (Lipinski definition) is 3. The van der Waals surface area contributed by atoms with Crippen LogP contribution in [0, 0.1) is 11.6 Å². The largest absolute Gasteiger partial charge is 0.390 e. The Morgan fingerprint density at radius 1 is 0.974 bits per heavy atom. The fourth-order valence-corrected chi connectivity index (χ4v) is 4.56. The van der Waals surface area contributed by atoms with E-state index in [1.807, 2.05) is 25.1 Å². The summed E-state index contributed by atoms with van der Waals surface area (Å²) in [6.07, 6.45) is 1.45. The molecule has 10 heteroatoms. The van der Waals surface area contributed by atoms with Crippen molar-refractivity contribution in [1.29, 1.82) is 0 Å². The smallest absolute Gasteiger partial charge is 0.243 e. The second-order valence-corrected chi connectivity index (χ2v) is 9.95. The maximum Gasteiger partial charge on any atom is 0.243 e. The Bertz CT molecular complexity index is 1130. The van der Waals surface area contributed by atoms with Gasteiger partial charge < -0.3 is 25.5 Å². The van der Waals surface area contributed by atoms with E-state index in [1.165, 1.54) is 15.4 Å². The zero-order valence-electron chi connectivity index (χ0n) is 22.6. The van der Waals surface area contributed by atoms with Crippen molar-refractivity contribution >= 4 is 17.7 Å². The number of piperazine rings is 1. The van der Waals surface area contributed by atoms with Crippen LogP contribution >= 0.6 is 0 Å². The number of amides is 3. The minimum absolute atomic E-state index is 0.0355. The van der Waals surface area contributed by atoms with Gasteiger partial charge in [0.15, 0.2) is 0 Å². The summed E-state index contributed by atoms with van der Waals surface area (Å²) in [5, 5.41) is 16.8. The molecule has 0 aromatic heterocycles. The van der Waals surface area contributed by atoms with Crippen LogP contribution in [0.4, 0.5) is 8.78 Å². The molecule has 3 amide bonds. The zero-order chi connectivity index (χ0) is 28.4. The monoisotopic (exact) mass is 544 g/mol. The third kappa shape index (κ3) is 9.40. The summed E-state index contributed by atoms with van der Waals surface area (Å²) in [7, 11) is 0. The second-order valence-electron chi connectivity index (χ2n) is 9.95. The van der Waals surface area contributed by atoms with Gasteiger partial charge in [-0.1, -0.05) is 44.5 Å². The van der Waals surface area contributed by atoms with Gasteiger partial charge in [0.25, 0.3) is 0 Å². The number of carbonyl (C=O) groups excluding carboxylic acids is 3. The molecule has 39 heavy (non-hydrogen) atoms. The molecule has 8 nitrogen and oxygen atoms in total. The first-order chi connectivity index (χ1) is 18.7. The van der Waals surface area contributed by atoms with Gasteiger partial charge in [0.1, 0.15) is 24.7 Å². The van der Waals surface area contributed by atoms with Crippen LogP contribution in [-0.4, -0.2) is 77.5 Å². The van der Waals surface area contributed by atoms with E-state index < -0.39 is 29.7 Å². The normalized spacial score (nSPS) is 15.4. The summed E-state index contributed by atoms with van der Waals surface area (Å²) in [5.74, 6) is -2.65. The first kappa shape index (κ1) is 30.2. The average molecular weight is 545 g/mol. The predicted molar refractivity (Wildman–Crippen MR) is 144 cm³/mol. The van der Waals surface area contributed by atoms with Crippen LogP contribution in [0.3, 0.4) is 0 Å². The maximum absolute atomic E-state index is 13.8. The summed E-state index contributed by atoms with van der Waals surface area (Å²) in [4.78, 5) is 40.6. The molecule has 0 bridgehead atoms. The Morgan fingerprint density at radius 2 is 1.64 bits per heavy atom. The van der Waals surface area contributed by atoms with Crippen molar-refractivity contribution in [1.82, 2.24) is 20.4 Å². The van der Waals surface area contributed by atoms with Crippen LogP contribution in [0.25, 0.3) is 0 Å². The van der Waals surface area contributed by atoms with E-state index in [-0.39, 0.29) is 50.0 Å². The molecule has 1 aliphatic heterocycles. The Hall–Kier alpha value is -3.37. The second kappa shape index (κ2) is 14.7. The molecular weight excluding hydrogens is 506 g/mol. The van der Waals surface area contributed by atoms with Crippen LogP contribution in [-0.2, 0) is 33.8 Å². The van der Waals surface area contributed by atoms with E-state index in [0.717, 1.165) is 43.0 Å². The molecule has 3 rings (SSSR count). The minimum Gasteiger partial charge on any atom is -0.390 e. The lowest BCUT2D eigenvalue weighted by molar-refractivity contribution is -0.151. The predicted octanol–water partition coefficient (Wildman–Crippen LogP) is 2.18. The van der Waals surface area contributed by atoms with Gasteiger partial charge in [0.2, 0.25) is 17.7 Å². The molecule has 3 N–H and O–H groups in total. The van der Waals surface area contributed by atoms with Gasteiger partial charge in [-0.3, -0.25) is 14.4 Å². The Balaban J connectivity index is 1.63. The van der Waals surface area contributed by atoms with Crippen molar-refractivity contribution in [2.45, 2.75) is 58.2 Å². The molecule has 2 aromatic carbocycles. The van der Waals surface area contributed by atoms with Crippen molar-refractivity contribution in [2.75, 3.05) is 32.7 Å². The van der Waals surface area contributed by atoms with Crippen molar-refractivity contribution in [2.24, 2.45) is 0 Å². The lowest BCUT2D eigenvalue weighted by Crippen LogP contribution is -2.57. The summed E-state index contributed by atoms with van der Waals surface area (Å²) >= 11 is 0. The first-order valence-electron chi connectivity index (χ1n) is 13.4. The highest BCUT2D eigenvalue weighted by Gasteiger charge is 2.31. The van der Waals surface area contributed by atoms with Gasteiger partial charge in [-0.05, 0) is 48.1 Å². The fourth-order valence-electron chi connectivity index (χ4n) is 4.56. The Kier molecular flexibility index (Phi) is 11.4. The molecule has 2 atom stereocenters. The molecule has 1 heterocycles. The number of aryl methyl sites for hydroxylation is 1. The maximum atomic E-state index is 13.8. The van der Waals surface area contributed by atoms with E-state index in [0.29, 0.717) is 13.1 Å². The highest BCUT2D eigenvalue weighted by Crippen LogP contribution is 2.13. The Morgan fingerprint density at radius 3 is 2.33 bits per heavy atom. The molecular formula is C29H38F2N4O4. The minimum atomic E-state index is -1.10. The number of hydrogen-bond acceptors (Lipinski definition) is 5. The number of halogens is 2. The van der Waals surface area contributed by atoms with Gasteiger partial charge in [0.05, 0.1) is 18.7 Å². The number of aliphatic hydroxyl groups excluding tert-OH is 1. The van der Waals surface area contributed by atoms with Crippen LogP contribution in [0.15, 0.2) is 42.5 Å². The van der Waals surface area contributed by atoms with Gasteiger partial charge in [0, 0.05) is 25.7 Å². The molecule has 0 saturated carbocycles. The standard InChI is InChI=1S/C29H38F2N4O4/c1-3-5-9-34-18-29(39)35(19-28(34)38)17-27(37)33-25(13-22-11-23(30)14-24(31)12-22)26(36)16-32-15-21-8-6-7-20(4-2)10-21/h6-8,10-12,14,25-26,32,36H,3-5,9,13,15-19H2,1-2H3,(H,33,37)/t25-,26+/m0/s1. The van der Waals surface area contributed by atoms with Gasteiger partial charge in [-0.15, -0.1) is 0 Å². The van der Waals surface area contributed by atoms with Crippen molar-refractivity contribution < 1.29 is 28.3 Å². The molecule has 0 aliphatic carbocycles. The lowest BCUT2D eigenvalue weighted by Gasteiger charge is -2.34. The molecule has 0 unspecified atom stereocenters. The number of aliphatic hydroxyl groups is 1. The number of rotatable bonds is 14. The quantitative estimate of drug-likeness (QED) is 0.339. The SMILES string of the molecule is CCCCN1CC(=O)N(CC(=O)N[C@@H](Cc2cc(F)cc(F)c2)[C@H](O)CNCc2cccc(CC)c2)CC1=O. The van der Waals surface area contributed by atoms with Crippen molar-refractivity contribution in [3.8, 4) is 0 Å². The first-order valence-corrected chi connectivity index (χ1v) is 13.4. The fraction of sp³-hybridized carbons (Fsp3) is 0.483. The summed E-state index contributed by atoms with van der Waals surface area (Å²) in [5.41, 5.74) is 2.49. The van der Waals surface area contributed by atoms with E-state index >= 15 is 0 Å². The van der Waals surface area contributed by atoms with Crippen LogP contribution in [0.1, 0.15) is 43.4 Å². The molecule has 0 radical (unpaired) electrons. The molecule has 1 fully saturated rings. The topological polar surface area (TPSA) is 102 Å². The summed E-state index contributed by atoms with van der Waals surface area (Å²) in [6, 6.07) is 10.2.